The first-order chi connectivity index (χ1) is 10.3. The molecule has 1 aromatic carbocycles. The molecule has 3 N–H and O–H groups in total. The molecule has 7 heteroatoms. The number of methoxy groups -OCH3 is 1. The minimum absolute atomic E-state index is 0.175. The molecule has 0 unspecified atom stereocenters. The summed E-state index contributed by atoms with van der Waals surface area (Å²) in [6.45, 7) is 1.65. The molecular weight excluding hydrogens is 273 g/mol. The van der Waals surface area contributed by atoms with Crippen molar-refractivity contribution in [3.63, 3.8) is 0 Å². The fraction of sp³-hybridized carbons (Fsp3) is 0.286. The third-order valence-corrected chi connectivity index (χ3v) is 3.91. The normalized spacial score (nSPS) is 14.4. The summed E-state index contributed by atoms with van der Waals surface area (Å²) in [5.74, 6) is -0.251. The van der Waals surface area contributed by atoms with Crippen LogP contribution in [-0.4, -0.2) is 34.0 Å². The van der Waals surface area contributed by atoms with E-state index >= 15 is 0 Å². The van der Waals surface area contributed by atoms with Crippen molar-refractivity contribution in [2.45, 2.75) is 13.0 Å². The zero-order valence-corrected chi connectivity index (χ0v) is 11.5. The summed E-state index contributed by atoms with van der Waals surface area (Å²) < 4.78 is 19.4. The fourth-order valence-electron chi connectivity index (χ4n) is 2.90. The lowest BCUT2D eigenvalue weighted by atomic mass is 9.99. The quantitative estimate of drug-likeness (QED) is 0.671. The molecule has 0 spiro atoms. The molecule has 0 atom stereocenters. The van der Waals surface area contributed by atoms with Gasteiger partial charge in [0.05, 0.1) is 19.0 Å². The number of aromatic amines is 2. The van der Waals surface area contributed by atoms with Crippen molar-refractivity contribution >= 4 is 10.9 Å². The molecule has 0 aliphatic carbocycles. The number of hydrogen-bond acceptors (Lipinski definition) is 4. The predicted octanol–water partition coefficient (Wildman–Crippen LogP) is 1.75. The Hall–Kier alpha value is -2.41. The Morgan fingerprint density at radius 1 is 1.33 bits per heavy atom. The molecule has 0 amide bonds. The summed E-state index contributed by atoms with van der Waals surface area (Å²) in [5.41, 5.74) is 4.24. The molecule has 21 heavy (non-hydrogen) atoms. The molecule has 1 aliphatic heterocycles. The van der Waals surface area contributed by atoms with Gasteiger partial charge in [0.2, 0.25) is 0 Å². The number of fused-ring (bicyclic) bond motifs is 2. The van der Waals surface area contributed by atoms with Crippen LogP contribution < -0.4 is 10.1 Å². The third-order valence-electron chi connectivity index (χ3n) is 3.91. The summed E-state index contributed by atoms with van der Waals surface area (Å²) >= 11 is 0. The first-order valence-corrected chi connectivity index (χ1v) is 6.76. The van der Waals surface area contributed by atoms with E-state index in [1.165, 1.54) is 13.2 Å². The second-order valence-corrected chi connectivity index (χ2v) is 5.05. The number of hydrogen-bond donors (Lipinski definition) is 3. The van der Waals surface area contributed by atoms with Crippen LogP contribution in [-0.2, 0) is 13.0 Å². The molecule has 2 aromatic heterocycles. The van der Waals surface area contributed by atoms with Gasteiger partial charge < -0.3 is 10.1 Å². The summed E-state index contributed by atoms with van der Waals surface area (Å²) in [6.07, 6.45) is 2.57. The number of rotatable bonds is 2. The van der Waals surface area contributed by atoms with Crippen molar-refractivity contribution in [1.29, 1.82) is 0 Å². The number of ether oxygens (including phenoxy) is 1. The molecule has 0 saturated carbocycles. The van der Waals surface area contributed by atoms with Gasteiger partial charge in [-0.3, -0.25) is 10.2 Å². The van der Waals surface area contributed by atoms with Crippen molar-refractivity contribution in [2.24, 2.45) is 0 Å². The lowest BCUT2D eigenvalue weighted by Gasteiger charge is -2.13. The van der Waals surface area contributed by atoms with E-state index in [2.05, 4.69) is 25.7 Å². The van der Waals surface area contributed by atoms with Crippen molar-refractivity contribution in [3.8, 4) is 17.0 Å². The summed E-state index contributed by atoms with van der Waals surface area (Å²) in [7, 11) is 1.44. The monoisotopic (exact) mass is 287 g/mol. The van der Waals surface area contributed by atoms with Gasteiger partial charge in [-0.25, -0.2) is 4.39 Å². The molecule has 0 saturated heterocycles. The van der Waals surface area contributed by atoms with Gasteiger partial charge in [-0.05, 0) is 6.07 Å². The maximum absolute atomic E-state index is 14.3. The zero-order valence-electron chi connectivity index (χ0n) is 11.5. The van der Waals surface area contributed by atoms with E-state index in [1.54, 1.807) is 6.20 Å². The van der Waals surface area contributed by atoms with Crippen LogP contribution in [0.3, 0.4) is 0 Å². The highest BCUT2D eigenvalue weighted by Gasteiger charge is 2.22. The SMILES string of the molecule is COc1c(F)cc(-c2n[nH]c3c2CNCC3)c2cn[nH]c12. The average Bonchev–Trinajstić information content (AvgIpc) is 3.13. The highest BCUT2D eigenvalue weighted by Crippen LogP contribution is 2.37. The Kier molecular flexibility index (Phi) is 2.68. The second kappa shape index (κ2) is 4.56. The number of aromatic nitrogens is 4. The number of nitrogens with one attached hydrogen (secondary N) is 3. The molecular formula is C14H14FN5O. The Balaban J connectivity index is 1.99. The fourth-order valence-corrected chi connectivity index (χ4v) is 2.90. The van der Waals surface area contributed by atoms with Crippen molar-refractivity contribution in [1.82, 2.24) is 25.7 Å². The van der Waals surface area contributed by atoms with Crippen LogP contribution in [0.15, 0.2) is 12.3 Å². The zero-order chi connectivity index (χ0) is 14.4. The van der Waals surface area contributed by atoms with Crippen molar-refractivity contribution in [3.05, 3.63) is 29.3 Å². The first-order valence-electron chi connectivity index (χ1n) is 6.76. The predicted molar refractivity (Wildman–Crippen MR) is 75.6 cm³/mol. The van der Waals surface area contributed by atoms with E-state index in [9.17, 15) is 4.39 Å². The average molecular weight is 287 g/mol. The van der Waals surface area contributed by atoms with E-state index in [-0.39, 0.29) is 5.75 Å². The molecule has 0 fully saturated rings. The molecule has 1 aliphatic rings. The van der Waals surface area contributed by atoms with Gasteiger partial charge in [-0.15, -0.1) is 0 Å². The van der Waals surface area contributed by atoms with Gasteiger partial charge in [0.15, 0.2) is 11.6 Å². The van der Waals surface area contributed by atoms with E-state index in [4.69, 9.17) is 4.74 Å². The summed E-state index contributed by atoms with van der Waals surface area (Å²) in [4.78, 5) is 0. The van der Waals surface area contributed by atoms with E-state index in [0.717, 1.165) is 47.4 Å². The first kappa shape index (κ1) is 12.3. The standard InChI is InChI=1S/C14H14FN5O/c1-21-14-10(15)4-7(8-6-17-19-13(8)14)12-9-5-16-3-2-11(9)18-20-12/h4,6,16H,2-3,5H2,1H3,(H,17,19)(H,18,20). The highest BCUT2D eigenvalue weighted by molar-refractivity contribution is 5.97. The smallest absolute Gasteiger partial charge is 0.180 e. The minimum Gasteiger partial charge on any atom is -0.492 e. The molecule has 3 aromatic rings. The lowest BCUT2D eigenvalue weighted by Crippen LogP contribution is -2.23. The van der Waals surface area contributed by atoms with Crippen LogP contribution in [0.4, 0.5) is 4.39 Å². The second-order valence-electron chi connectivity index (χ2n) is 5.05. The molecule has 3 heterocycles. The Bertz CT molecular complexity index is 822. The maximum atomic E-state index is 14.3. The number of benzene rings is 1. The number of nitrogens with zero attached hydrogens (tertiary/aromatic N) is 2. The van der Waals surface area contributed by atoms with E-state index in [1.807, 2.05) is 0 Å². The van der Waals surface area contributed by atoms with Crippen LogP contribution in [0.25, 0.3) is 22.2 Å². The van der Waals surface area contributed by atoms with Gasteiger partial charge in [-0.2, -0.15) is 10.2 Å². The molecule has 6 nitrogen and oxygen atoms in total. The van der Waals surface area contributed by atoms with Gasteiger partial charge in [0.25, 0.3) is 0 Å². The van der Waals surface area contributed by atoms with Gasteiger partial charge in [0.1, 0.15) is 5.52 Å². The van der Waals surface area contributed by atoms with Gasteiger partial charge in [0, 0.05) is 41.7 Å². The Morgan fingerprint density at radius 2 is 2.24 bits per heavy atom. The highest BCUT2D eigenvalue weighted by atomic mass is 19.1. The van der Waals surface area contributed by atoms with Gasteiger partial charge >= 0.3 is 0 Å². The third kappa shape index (κ3) is 1.74. The topological polar surface area (TPSA) is 78.6 Å². The maximum Gasteiger partial charge on any atom is 0.180 e. The number of H-pyrrole nitrogens is 2. The Morgan fingerprint density at radius 3 is 3.10 bits per heavy atom. The molecule has 0 radical (unpaired) electrons. The van der Waals surface area contributed by atoms with Crippen molar-refractivity contribution in [2.75, 3.05) is 13.7 Å². The minimum atomic E-state index is -0.426. The van der Waals surface area contributed by atoms with Gasteiger partial charge in [-0.1, -0.05) is 0 Å². The van der Waals surface area contributed by atoms with E-state index < -0.39 is 5.82 Å². The van der Waals surface area contributed by atoms with Crippen LogP contribution in [0, 0.1) is 5.82 Å². The van der Waals surface area contributed by atoms with Crippen LogP contribution in [0.2, 0.25) is 0 Å². The summed E-state index contributed by atoms with van der Waals surface area (Å²) in [6, 6.07) is 1.46. The molecule has 0 bridgehead atoms. The lowest BCUT2D eigenvalue weighted by molar-refractivity contribution is 0.391. The largest absolute Gasteiger partial charge is 0.492 e. The van der Waals surface area contributed by atoms with Crippen LogP contribution in [0.5, 0.6) is 5.75 Å². The molecule has 4 rings (SSSR count). The Labute approximate surface area is 119 Å². The van der Waals surface area contributed by atoms with Crippen LogP contribution >= 0.6 is 0 Å². The van der Waals surface area contributed by atoms with Crippen LogP contribution in [0.1, 0.15) is 11.3 Å². The number of halogens is 1. The van der Waals surface area contributed by atoms with E-state index in [0.29, 0.717) is 5.52 Å². The molecule has 108 valence electrons. The van der Waals surface area contributed by atoms with Crippen molar-refractivity contribution < 1.29 is 9.13 Å². The summed E-state index contributed by atoms with van der Waals surface area (Å²) in [5, 5.41) is 18.4.